The summed E-state index contributed by atoms with van der Waals surface area (Å²) in [6, 6.07) is 21.0. The van der Waals surface area contributed by atoms with Gasteiger partial charge in [-0.15, -0.1) is 0 Å². The molecule has 0 heterocycles. The molecule has 0 aliphatic rings. The van der Waals surface area contributed by atoms with Gasteiger partial charge in [-0.1, -0.05) is 67.0 Å². The van der Waals surface area contributed by atoms with Gasteiger partial charge in [-0.05, 0) is 17.5 Å². The Morgan fingerprint density at radius 3 is 1.50 bits per heavy atom. The molecule has 0 fully saturated rings. The van der Waals surface area contributed by atoms with Crippen LogP contribution in [0.25, 0.3) is 0 Å². The summed E-state index contributed by atoms with van der Waals surface area (Å²) in [6.45, 7) is -1.54. The topological polar surface area (TPSA) is 0 Å². The third kappa shape index (κ3) is 2.11. The molecule has 0 bridgehead atoms. The number of hydrogen-bond donors (Lipinski definition) is 1. The minimum Gasteiger partial charge on any atom is -0.174 e. The van der Waals surface area contributed by atoms with Gasteiger partial charge in [0.15, 0.2) is 0 Å². The zero-order valence-electron chi connectivity index (χ0n) is 9.08. The van der Waals surface area contributed by atoms with E-state index in [-0.39, 0.29) is 0 Å². The molecule has 0 atom stereocenters. The van der Waals surface area contributed by atoms with Crippen LogP contribution in [0.15, 0.2) is 60.7 Å². The SMILES string of the molecule is C=P(CS)(c1ccccc1)c1ccccc1. The highest BCUT2D eigenvalue weighted by molar-refractivity contribution is 8.00. The van der Waals surface area contributed by atoms with E-state index in [2.05, 4.69) is 67.5 Å². The molecule has 82 valence electrons. The van der Waals surface area contributed by atoms with Gasteiger partial charge in [0.25, 0.3) is 0 Å². The molecule has 0 aliphatic carbocycles. The van der Waals surface area contributed by atoms with E-state index >= 15 is 0 Å². The molecule has 0 aliphatic heterocycles. The van der Waals surface area contributed by atoms with Crippen molar-refractivity contribution in [2.45, 2.75) is 0 Å². The van der Waals surface area contributed by atoms with Crippen LogP contribution >= 0.6 is 19.5 Å². The van der Waals surface area contributed by atoms with E-state index < -0.39 is 6.89 Å². The van der Waals surface area contributed by atoms with Gasteiger partial charge in [0.05, 0.1) is 0 Å². The first-order valence-electron chi connectivity index (χ1n) is 5.22. The van der Waals surface area contributed by atoms with Crippen LogP contribution in [0.3, 0.4) is 0 Å². The van der Waals surface area contributed by atoms with E-state index in [0.717, 1.165) is 5.49 Å². The molecule has 2 aromatic rings. The molecule has 0 spiro atoms. The van der Waals surface area contributed by atoms with Crippen LogP contribution < -0.4 is 10.6 Å². The number of benzene rings is 2. The van der Waals surface area contributed by atoms with Gasteiger partial charge in [0, 0.05) is 5.49 Å². The van der Waals surface area contributed by atoms with E-state index in [1.807, 2.05) is 12.1 Å². The van der Waals surface area contributed by atoms with Crippen LogP contribution in [0, 0.1) is 0 Å². The molecular weight excluding hydrogens is 231 g/mol. The van der Waals surface area contributed by atoms with E-state index in [0.29, 0.717) is 0 Å². The second-order valence-electron chi connectivity index (χ2n) is 3.78. The highest BCUT2D eigenvalue weighted by Gasteiger charge is 2.16. The van der Waals surface area contributed by atoms with Gasteiger partial charge < -0.3 is 0 Å². The molecular formula is C14H15PS. The van der Waals surface area contributed by atoms with Crippen LogP contribution in [0.1, 0.15) is 0 Å². The predicted molar refractivity (Wildman–Crippen MR) is 80.0 cm³/mol. The summed E-state index contributed by atoms with van der Waals surface area (Å²) in [5, 5.41) is 2.63. The monoisotopic (exact) mass is 246 g/mol. The first kappa shape index (κ1) is 11.6. The molecule has 2 rings (SSSR count). The smallest absolute Gasteiger partial charge is 0.0175 e. The standard InChI is InChI=1S/C14H15PS/c1-15(12-16,13-8-4-2-5-9-13)14-10-6-3-7-11-14/h2-11,16H,1,12H2. The summed E-state index contributed by atoms with van der Waals surface area (Å²) in [7, 11) is 0. The minimum absolute atomic E-state index is 0.807. The maximum Gasteiger partial charge on any atom is 0.0175 e. The first-order valence-corrected chi connectivity index (χ1v) is 8.01. The van der Waals surface area contributed by atoms with E-state index in [9.17, 15) is 0 Å². The summed E-state index contributed by atoms with van der Waals surface area (Å²) in [5.41, 5.74) is 0.807. The fourth-order valence-corrected chi connectivity index (χ4v) is 4.83. The van der Waals surface area contributed by atoms with Crippen molar-refractivity contribution < 1.29 is 0 Å². The predicted octanol–water partition coefficient (Wildman–Crippen LogP) is 2.97. The van der Waals surface area contributed by atoms with Gasteiger partial charge in [-0.25, -0.2) is 0 Å². The average molecular weight is 246 g/mol. The zero-order chi connectivity index (χ0) is 11.4. The zero-order valence-corrected chi connectivity index (χ0v) is 10.9. The molecule has 2 heteroatoms. The minimum atomic E-state index is -1.54. The lowest BCUT2D eigenvalue weighted by Gasteiger charge is -2.23. The summed E-state index contributed by atoms with van der Waals surface area (Å²) in [5.74, 6) is 0. The highest BCUT2D eigenvalue weighted by atomic mass is 32.1. The Kier molecular flexibility index (Phi) is 3.58. The lowest BCUT2D eigenvalue weighted by atomic mass is 10.4. The Morgan fingerprint density at radius 2 is 1.19 bits per heavy atom. The third-order valence-electron chi connectivity index (χ3n) is 2.74. The Balaban J connectivity index is 2.54. The molecule has 0 amide bonds. The highest BCUT2D eigenvalue weighted by Crippen LogP contribution is 2.43. The van der Waals surface area contributed by atoms with Crippen molar-refractivity contribution in [3.05, 3.63) is 60.7 Å². The van der Waals surface area contributed by atoms with E-state index in [1.54, 1.807) is 0 Å². The van der Waals surface area contributed by atoms with Crippen molar-refractivity contribution in [3.63, 3.8) is 0 Å². The maximum atomic E-state index is 4.51. The first-order chi connectivity index (χ1) is 7.77. The van der Waals surface area contributed by atoms with E-state index in [1.165, 1.54) is 10.6 Å². The molecule has 0 unspecified atom stereocenters. The lowest BCUT2D eigenvalue weighted by Crippen LogP contribution is -2.16. The quantitative estimate of drug-likeness (QED) is 0.624. The van der Waals surface area contributed by atoms with Crippen LogP contribution in [0.5, 0.6) is 0 Å². The molecule has 0 N–H and O–H groups in total. The van der Waals surface area contributed by atoms with Crippen LogP contribution in [0.4, 0.5) is 0 Å². The average Bonchev–Trinajstić information content (AvgIpc) is 2.40. The van der Waals surface area contributed by atoms with Gasteiger partial charge in [-0.2, -0.15) is 12.6 Å². The molecule has 0 aromatic heterocycles. The van der Waals surface area contributed by atoms with Crippen molar-refractivity contribution in [3.8, 4) is 0 Å². The second-order valence-corrected chi connectivity index (χ2v) is 7.88. The molecule has 0 saturated heterocycles. The summed E-state index contributed by atoms with van der Waals surface area (Å²) >= 11 is 4.51. The van der Waals surface area contributed by atoms with Crippen molar-refractivity contribution in [1.29, 1.82) is 0 Å². The Bertz CT molecular complexity index is 447. The fourth-order valence-electron chi connectivity index (χ4n) is 1.74. The van der Waals surface area contributed by atoms with Crippen molar-refractivity contribution >= 4 is 36.4 Å². The normalized spacial score (nSPS) is 11.3. The second kappa shape index (κ2) is 4.95. The van der Waals surface area contributed by atoms with Gasteiger partial charge in [-0.3, -0.25) is 0 Å². The molecule has 0 saturated carbocycles. The van der Waals surface area contributed by atoms with Crippen LogP contribution in [0.2, 0.25) is 0 Å². The Morgan fingerprint density at radius 1 is 0.812 bits per heavy atom. The summed E-state index contributed by atoms with van der Waals surface area (Å²) < 4.78 is 0. The molecule has 16 heavy (non-hydrogen) atoms. The number of thiol groups is 1. The lowest BCUT2D eigenvalue weighted by molar-refractivity contribution is 1.74. The van der Waals surface area contributed by atoms with E-state index in [4.69, 9.17) is 0 Å². The molecule has 0 nitrogen and oxygen atoms in total. The van der Waals surface area contributed by atoms with Crippen molar-refractivity contribution in [2.24, 2.45) is 0 Å². The summed E-state index contributed by atoms with van der Waals surface area (Å²) in [6.07, 6.45) is 4.46. The maximum absolute atomic E-state index is 4.51. The van der Waals surface area contributed by atoms with Crippen molar-refractivity contribution in [2.75, 3.05) is 5.49 Å². The van der Waals surface area contributed by atoms with Gasteiger partial charge >= 0.3 is 0 Å². The van der Waals surface area contributed by atoms with Crippen LogP contribution in [-0.4, -0.2) is 11.8 Å². The van der Waals surface area contributed by atoms with Gasteiger partial charge in [0.2, 0.25) is 0 Å². The summed E-state index contributed by atoms with van der Waals surface area (Å²) in [4.78, 5) is 0. The van der Waals surface area contributed by atoms with Crippen LogP contribution in [-0.2, 0) is 0 Å². The van der Waals surface area contributed by atoms with Crippen molar-refractivity contribution in [1.82, 2.24) is 0 Å². The number of hydrogen-bond acceptors (Lipinski definition) is 1. The largest absolute Gasteiger partial charge is 0.174 e. The Labute approximate surface area is 103 Å². The number of rotatable bonds is 3. The van der Waals surface area contributed by atoms with Gasteiger partial charge in [0.1, 0.15) is 0 Å². The third-order valence-corrected chi connectivity index (χ3v) is 7.25. The molecule has 0 radical (unpaired) electrons. The molecule has 2 aromatic carbocycles. The fraction of sp³-hybridized carbons (Fsp3) is 0.0714. The Hall–Kier alpha value is -0.910.